The number of ether oxygens (including phenoxy) is 1. The van der Waals surface area contributed by atoms with Gasteiger partial charge >= 0.3 is 0 Å². The van der Waals surface area contributed by atoms with Crippen molar-refractivity contribution in [1.82, 2.24) is 9.97 Å². The first-order valence-electron chi connectivity index (χ1n) is 7.33. The number of nitrogens with one attached hydrogen (secondary N) is 1. The fourth-order valence-electron chi connectivity index (χ4n) is 2.38. The van der Waals surface area contributed by atoms with Gasteiger partial charge in [0, 0.05) is 6.61 Å². The van der Waals surface area contributed by atoms with E-state index in [1.807, 2.05) is 6.92 Å². The zero-order valence-corrected chi connectivity index (χ0v) is 14.6. The highest BCUT2D eigenvalue weighted by Gasteiger charge is 2.32. The second-order valence-corrected chi connectivity index (χ2v) is 6.20. The van der Waals surface area contributed by atoms with Gasteiger partial charge in [0.15, 0.2) is 0 Å². The molecule has 0 unspecified atom stereocenters. The summed E-state index contributed by atoms with van der Waals surface area (Å²) in [6.07, 6.45) is 2.33. The Hall–Kier alpha value is -0.680. The van der Waals surface area contributed by atoms with E-state index in [2.05, 4.69) is 53.6 Å². The summed E-state index contributed by atoms with van der Waals surface area (Å²) in [6, 6.07) is 0. The maximum atomic E-state index is 12.1. The van der Waals surface area contributed by atoms with Crippen LogP contribution in [0.15, 0.2) is 9.27 Å². The average molecular weight is 345 g/mol. The Labute approximate surface area is 129 Å². The zero-order chi connectivity index (χ0) is 15.3. The molecule has 0 saturated heterocycles. The molecule has 1 aromatic heterocycles. The van der Waals surface area contributed by atoms with Crippen molar-refractivity contribution in [2.24, 2.45) is 5.92 Å². The Morgan fingerprint density at radius 2 is 1.90 bits per heavy atom. The van der Waals surface area contributed by atoms with E-state index in [9.17, 15) is 4.79 Å². The van der Waals surface area contributed by atoms with Gasteiger partial charge in [-0.15, -0.1) is 0 Å². The lowest BCUT2D eigenvalue weighted by Crippen LogP contribution is -2.34. The summed E-state index contributed by atoms with van der Waals surface area (Å²) in [5.41, 5.74) is 0.182. The number of hydrogen-bond acceptors (Lipinski definition) is 3. The Bertz CT molecular complexity index is 493. The molecule has 0 spiro atoms. The number of hydrogen-bond donors (Lipinski definition) is 1. The van der Waals surface area contributed by atoms with Crippen LogP contribution in [0.4, 0.5) is 0 Å². The standard InChI is InChI=1S/C15H25BrN2O2/c1-6-15(7-2,20-8-3)14-17-11(9-10(4)5)12(16)13(19)18-14/h10H,6-9H2,1-5H3,(H,17,18,19). The summed E-state index contributed by atoms with van der Waals surface area (Å²) in [5, 5.41) is 0. The third-order valence-electron chi connectivity index (χ3n) is 3.53. The molecule has 0 saturated carbocycles. The predicted molar refractivity (Wildman–Crippen MR) is 85.0 cm³/mol. The minimum atomic E-state index is -0.500. The van der Waals surface area contributed by atoms with Gasteiger partial charge in [-0.25, -0.2) is 4.98 Å². The molecular weight excluding hydrogens is 320 g/mol. The second kappa shape index (κ2) is 7.36. The molecule has 0 radical (unpaired) electrons. The number of aromatic nitrogens is 2. The molecule has 0 bridgehead atoms. The van der Waals surface area contributed by atoms with Crippen molar-refractivity contribution in [2.75, 3.05) is 6.61 Å². The van der Waals surface area contributed by atoms with Gasteiger partial charge in [0.05, 0.1) is 5.69 Å². The monoisotopic (exact) mass is 344 g/mol. The van der Waals surface area contributed by atoms with Crippen molar-refractivity contribution in [3.63, 3.8) is 0 Å². The third-order valence-corrected chi connectivity index (χ3v) is 4.35. The number of rotatable bonds is 7. The second-order valence-electron chi connectivity index (χ2n) is 5.41. The maximum Gasteiger partial charge on any atom is 0.265 e. The van der Waals surface area contributed by atoms with Crippen molar-refractivity contribution < 1.29 is 4.74 Å². The Morgan fingerprint density at radius 3 is 2.35 bits per heavy atom. The molecule has 1 N–H and O–H groups in total. The first-order valence-corrected chi connectivity index (χ1v) is 8.12. The largest absolute Gasteiger partial charge is 0.367 e. The van der Waals surface area contributed by atoms with Crippen LogP contribution in [0.3, 0.4) is 0 Å². The fraction of sp³-hybridized carbons (Fsp3) is 0.733. The molecule has 20 heavy (non-hydrogen) atoms. The van der Waals surface area contributed by atoms with Crippen LogP contribution in [0.25, 0.3) is 0 Å². The molecule has 0 fully saturated rings. The van der Waals surface area contributed by atoms with E-state index in [0.717, 1.165) is 25.0 Å². The summed E-state index contributed by atoms with van der Waals surface area (Å²) in [5.74, 6) is 1.09. The lowest BCUT2D eigenvalue weighted by Gasteiger charge is -2.30. The highest BCUT2D eigenvalue weighted by Crippen LogP contribution is 2.31. The maximum absolute atomic E-state index is 12.1. The van der Waals surface area contributed by atoms with Crippen molar-refractivity contribution in [3.8, 4) is 0 Å². The number of halogens is 1. The highest BCUT2D eigenvalue weighted by atomic mass is 79.9. The Balaban J connectivity index is 3.36. The van der Waals surface area contributed by atoms with E-state index in [4.69, 9.17) is 4.74 Å². The molecule has 1 heterocycles. The zero-order valence-electron chi connectivity index (χ0n) is 13.0. The van der Waals surface area contributed by atoms with Crippen LogP contribution in [0.1, 0.15) is 59.0 Å². The highest BCUT2D eigenvalue weighted by molar-refractivity contribution is 9.10. The molecule has 0 aliphatic rings. The summed E-state index contributed by atoms with van der Waals surface area (Å²) in [6.45, 7) is 10.9. The van der Waals surface area contributed by atoms with Crippen LogP contribution >= 0.6 is 15.9 Å². The first-order chi connectivity index (χ1) is 9.40. The minimum absolute atomic E-state index is 0.128. The Kier molecular flexibility index (Phi) is 6.40. The molecule has 1 rings (SSSR count). The van der Waals surface area contributed by atoms with Gasteiger partial charge in [0.25, 0.3) is 5.56 Å². The molecule has 0 atom stereocenters. The average Bonchev–Trinajstić information content (AvgIpc) is 2.40. The molecule has 4 nitrogen and oxygen atoms in total. The van der Waals surface area contributed by atoms with Crippen molar-refractivity contribution in [3.05, 3.63) is 26.3 Å². The van der Waals surface area contributed by atoms with Gasteiger partial charge < -0.3 is 9.72 Å². The molecule has 1 aromatic rings. The van der Waals surface area contributed by atoms with Gasteiger partial charge in [-0.2, -0.15) is 0 Å². The predicted octanol–water partition coefficient (Wildman–Crippen LogP) is 3.78. The Morgan fingerprint density at radius 1 is 1.30 bits per heavy atom. The van der Waals surface area contributed by atoms with Gasteiger partial charge in [-0.3, -0.25) is 4.79 Å². The SMILES string of the molecule is CCOC(CC)(CC)c1nc(CC(C)C)c(Br)c(=O)[nH]1. The van der Waals surface area contributed by atoms with Crippen LogP contribution in [-0.2, 0) is 16.8 Å². The minimum Gasteiger partial charge on any atom is -0.367 e. The van der Waals surface area contributed by atoms with E-state index >= 15 is 0 Å². The third kappa shape index (κ3) is 3.70. The van der Waals surface area contributed by atoms with Crippen LogP contribution in [0, 0.1) is 5.92 Å². The molecule has 5 heteroatoms. The lowest BCUT2D eigenvalue weighted by atomic mass is 9.95. The van der Waals surface area contributed by atoms with E-state index in [1.54, 1.807) is 0 Å². The molecular formula is C15H25BrN2O2. The number of H-pyrrole nitrogens is 1. The number of aromatic amines is 1. The van der Waals surface area contributed by atoms with Crippen LogP contribution in [-0.4, -0.2) is 16.6 Å². The first kappa shape index (κ1) is 17.4. The normalized spacial score (nSPS) is 12.2. The van der Waals surface area contributed by atoms with Crippen molar-refractivity contribution in [1.29, 1.82) is 0 Å². The summed E-state index contributed by atoms with van der Waals surface area (Å²) >= 11 is 3.35. The van der Waals surface area contributed by atoms with Gasteiger partial charge in [0.1, 0.15) is 15.9 Å². The van der Waals surface area contributed by atoms with Crippen LogP contribution in [0.2, 0.25) is 0 Å². The molecule has 0 aliphatic carbocycles. The quantitative estimate of drug-likeness (QED) is 0.818. The van der Waals surface area contributed by atoms with Crippen LogP contribution in [0.5, 0.6) is 0 Å². The molecule has 0 aromatic carbocycles. The van der Waals surface area contributed by atoms with Crippen molar-refractivity contribution >= 4 is 15.9 Å². The van der Waals surface area contributed by atoms with Crippen LogP contribution < -0.4 is 5.56 Å². The smallest absolute Gasteiger partial charge is 0.265 e. The summed E-state index contributed by atoms with van der Waals surface area (Å²) < 4.78 is 6.46. The summed E-state index contributed by atoms with van der Waals surface area (Å²) in [4.78, 5) is 19.7. The van der Waals surface area contributed by atoms with Gasteiger partial charge in [-0.05, 0) is 48.0 Å². The molecule has 0 aliphatic heterocycles. The van der Waals surface area contributed by atoms with E-state index in [0.29, 0.717) is 22.8 Å². The summed E-state index contributed by atoms with van der Waals surface area (Å²) in [7, 11) is 0. The topological polar surface area (TPSA) is 55.0 Å². The lowest BCUT2D eigenvalue weighted by molar-refractivity contribution is -0.0575. The molecule has 114 valence electrons. The van der Waals surface area contributed by atoms with Gasteiger partial charge in [-0.1, -0.05) is 27.7 Å². The molecule has 0 amide bonds. The van der Waals surface area contributed by atoms with E-state index < -0.39 is 5.60 Å². The van der Waals surface area contributed by atoms with Crippen molar-refractivity contribution in [2.45, 2.75) is 59.5 Å². The van der Waals surface area contributed by atoms with Gasteiger partial charge in [0.2, 0.25) is 0 Å². The number of nitrogens with zero attached hydrogens (tertiary/aromatic N) is 1. The fourth-order valence-corrected chi connectivity index (χ4v) is 2.73. The van der Waals surface area contributed by atoms with E-state index in [-0.39, 0.29) is 5.56 Å². The van der Waals surface area contributed by atoms with E-state index in [1.165, 1.54) is 0 Å².